The van der Waals surface area contributed by atoms with Crippen molar-refractivity contribution in [2.24, 2.45) is 0 Å². The highest BCUT2D eigenvalue weighted by molar-refractivity contribution is 5.94. The van der Waals surface area contributed by atoms with Crippen molar-refractivity contribution < 1.29 is 14.3 Å². The smallest absolute Gasteiger partial charge is 0.329 e. The summed E-state index contributed by atoms with van der Waals surface area (Å²) in [7, 11) is 6.08. The Morgan fingerprint density at radius 1 is 0.828 bits per heavy atom. The fourth-order valence-electron chi connectivity index (χ4n) is 9.63. The fourth-order valence-corrected chi connectivity index (χ4v) is 9.63. The van der Waals surface area contributed by atoms with E-state index in [4.69, 9.17) is 25.4 Å². The van der Waals surface area contributed by atoms with Crippen LogP contribution < -0.4 is 11.1 Å². The van der Waals surface area contributed by atoms with Crippen molar-refractivity contribution in [3.63, 3.8) is 0 Å². The van der Waals surface area contributed by atoms with E-state index in [0.29, 0.717) is 72.7 Å². The van der Waals surface area contributed by atoms with Crippen LogP contribution in [0, 0.1) is 13.8 Å². The van der Waals surface area contributed by atoms with Crippen molar-refractivity contribution >= 4 is 23.6 Å². The number of nitrogens with zero attached hydrogens (tertiary/aromatic N) is 12. The average molecular weight is 863 g/mol. The van der Waals surface area contributed by atoms with Gasteiger partial charge in [0.1, 0.15) is 17.7 Å². The molecule has 0 aliphatic carbocycles. The third-order valence-corrected chi connectivity index (χ3v) is 13.3. The molecule has 8 heterocycles. The van der Waals surface area contributed by atoms with Crippen LogP contribution >= 0.6 is 0 Å². The molecule has 17 heteroatoms. The summed E-state index contributed by atoms with van der Waals surface area (Å²) < 4.78 is 8.63. The number of nitrogens with one attached hydrogen (secondary N) is 1. The predicted octanol–water partition coefficient (Wildman–Crippen LogP) is 4.84. The Kier molecular flexibility index (Phi) is 10.9. The van der Waals surface area contributed by atoms with Crippen LogP contribution in [0.4, 0.5) is 16.4 Å². The topological polar surface area (TPSA) is 182 Å². The number of rotatable bonds is 8. The molecule has 2 aromatic carbocycles. The van der Waals surface area contributed by atoms with Gasteiger partial charge < -0.3 is 35.4 Å². The number of fused-ring (bicyclic) bond motifs is 2. The second-order valence-electron chi connectivity index (χ2n) is 17.9. The fraction of sp³-hybridized carbons (Fsp3) is 0.404. The molecule has 2 saturated heterocycles. The standard InChI is InChI=1S/C47H54N14O3/c1-28-14-30(16-32-21-56(3)10-7-37(28)32)39-19-49-43(48)42(54-39)41-25-60(27-51-41)47(63)59-12-6-35(24-59)53-44-45(61-23-34(18-52-61)46(62)58(5)36-9-13-64-26-36)55-40(20-50-44)31-15-29(2)38-8-11-57(4)22-33(38)17-31/h14-20,23,25,27,35-36H,6-13,21-22,24,26H2,1-5H3,(H2,48,49)(H,50,53). The largest absolute Gasteiger partial charge is 0.382 e. The van der Waals surface area contributed by atoms with Crippen LogP contribution in [0.5, 0.6) is 0 Å². The normalized spacial score (nSPS) is 18.9. The molecule has 17 nitrogen and oxygen atoms in total. The van der Waals surface area contributed by atoms with E-state index in [1.54, 1.807) is 52.5 Å². The summed E-state index contributed by atoms with van der Waals surface area (Å²) in [6, 6.07) is 8.39. The van der Waals surface area contributed by atoms with Crippen LogP contribution in [0.25, 0.3) is 39.7 Å². The van der Waals surface area contributed by atoms with Gasteiger partial charge >= 0.3 is 6.03 Å². The minimum Gasteiger partial charge on any atom is -0.382 e. The zero-order valence-electron chi connectivity index (χ0n) is 37.1. The van der Waals surface area contributed by atoms with Gasteiger partial charge in [-0.25, -0.2) is 34.4 Å². The molecule has 2 amide bonds. The lowest BCUT2D eigenvalue weighted by atomic mass is 9.92. The van der Waals surface area contributed by atoms with E-state index in [2.05, 4.69) is 82.4 Å². The first-order valence-corrected chi connectivity index (χ1v) is 22.1. The number of ether oxygens (including phenoxy) is 1. The second kappa shape index (κ2) is 16.9. The molecule has 3 N–H and O–H groups in total. The Bertz CT molecular complexity index is 2770. The molecule has 330 valence electrons. The summed E-state index contributed by atoms with van der Waals surface area (Å²) in [5, 5.41) is 8.21. The van der Waals surface area contributed by atoms with Gasteiger partial charge in [-0.15, -0.1) is 0 Å². The van der Waals surface area contributed by atoms with Crippen LogP contribution in [-0.2, 0) is 30.7 Å². The molecule has 4 aliphatic rings. The third-order valence-electron chi connectivity index (χ3n) is 13.3. The van der Waals surface area contributed by atoms with E-state index >= 15 is 0 Å². The number of carbonyl (C=O) groups is 2. The van der Waals surface area contributed by atoms with Gasteiger partial charge in [0.2, 0.25) is 0 Å². The first kappa shape index (κ1) is 41.5. The number of likely N-dealkylation sites (N-methyl/N-ethyl adjacent to an activating group) is 3. The van der Waals surface area contributed by atoms with Crippen LogP contribution in [-0.4, -0.2) is 143 Å². The number of nitrogen functional groups attached to an aromatic ring is 1. The summed E-state index contributed by atoms with van der Waals surface area (Å²) in [5.74, 6) is 1.06. The monoisotopic (exact) mass is 862 g/mol. The molecule has 0 bridgehead atoms. The van der Waals surface area contributed by atoms with E-state index in [-0.39, 0.29) is 29.8 Å². The molecule has 2 unspecified atom stereocenters. The number of imidazole rings is 1. The van der Waals surface area contributed by atoms with Crippen LogP contribution in [0.1, 0.15) is 56.6 Å². The van der Waals surface area contributed by atoms with E-state index in [1.807, 2.05) is 0 Å². The summed E-state index contributed by atoms with van der Waals surface area (Å²) in [4.78, 5) is 59.8. The van der Waals surface area contributed by atoms with E-state index in [0.717, 1.165) is 56.6 Å². The molecular weight excluding hydrogens is 809 g/mol. The Hall–Kier alpha value is -6.56. The highest BCUT2D eigenvalue weighted by Gasteiger charge is 2.31. The number of likely N-dealkylation sites (tertiary alicyclic amines) is 1. The molecule has 4 aromatic heterocycles. The number of amides is 2. The highest BCUT2D eigenvalue weighted by Crippen LogP contribution is 2.32. The zero-order chi connectivity index (χ0) is 44.2. The Labute approximate surface area is 372 Å². The summed E-state index contributed by atoms with van der Waals surface area (Å²) >= 11 is 0. The number of aromatic nitrogens is 8. The number of aryl methyl sites for hydroxylation is 2. The Morgan fingerprint density at radius 3 is 2.20 bits per heavy atom. The molecule has 6 aromatic rings. The molecule has 0 spiro atoms. The minimum atomic E-state index is -0.220. The SMILES string of the molecule is Cc1cc(-c2cnc(N)c(-c3cn(C(=O)N4CCC(Nc5ncc(-c6cc(C)c7c(c6)CN(C)CC7)nc5-n5cc(C(=O)N(C)C6CCOC6)cn5)C4)cn3)n2)cc2c1CCN(C)C2. The number of nitrogens with two attached hydrogens (primary N) is 1. The van der Waals surface area contributed by atoms with Gasteiger partial charge in [-0.3, -0.25) is 9.36 Å². The van der Waals surface area contributed by atoms with Crippen molar-refractivity contribution in [2.75, 3.05) is 71.6 Å². The lowest BCUT2D eigenvalue weighted by Crippen LogP contribution is -2.37. The maximum Gasteiger partial charge on any atom is 0.329 e. The van der Waals surface area contributed by atoms with E-state index < -0.39 is 0 Å². The Balaban J connectivity index is 0.885. The molecule has 2 fully saturated rings. The number of benzene rings is 2. The van der Waals surface area contributed by atoms with Crippen LogP contribution in [0.3, 0.4) is 0 Å². The molecule has 10 rings (SSSR count). The van der Waals surface area contributed by atoms with Gasteiger partial charge in [0.15, 0.2) is 17.5 Å². The first-order chi connectivity index (χ1) is 30.9. The number of hydrogen-bond acceptors (Lipinski definition) is 13. The maximum absolute atomic E-state index is 14.0. The lowest BCUT2D eigenvalue weighted by Gasteiger charge is -2.27. The molecule has 0 saturated carbocycles. The van der Waals surface area contributed by atoms with Gasteiger partial charge in [0, 0.05) is 82.5 Å². The van der Waals surface area contributed by atoms with Crippen LogP contribution in [0.15, 0.2) is 61.6 Å². The Morgan fingerprint density at radius 2 is 1.52 bits per heavy atom. The maximum atomic E-state index is 14.0. The summed E-state index contributed by atoms with van der Waals surface area (Å²) in [5.41, 5.74) is 18.9. The van der Waals surface area contributed by atoms with Crippen molar-refractivity contribution in [2.45, 2.75) is 64.7 Å². The first-order valence-electron chi connectivity index (χ1n) is 22.1. The average Bonchev–Trinajstić information content (AvgIpc) is 4.14. The van der Waals surface area contributed by atoms with Crippen molar-refractivity contribution in [3.8, 4) is 39.7 Å². The van der Waals surface area contributed by atoms with Crippen molar-refractivity contribution in [1.29, 1.82) is 0 Å². The molecule has 64 heavy (non-hydrogen) atoms. The van der Waals surface area contributed by atoms with Crippen molar-refractivity contribution in [1.82, 2.24) is 58.9 Å². The van der Waals surface area contributed by atoms with Crippen molar-refractivity contribution in [3.05, 3.63) is 101 Å². The van der Waals surface area contributed by atoms with Gasteiger partial charge in [-0.05, 0) is 111 Å². The zero-order valence-corrected chi connectivity index (χ0v) is 37.1. The highest BCUT2D eigenvalue weighted by atomic mass is 16.5. The predicted molar refractivity (Wildman–Crippen MR) is 243 cm³/mol. The third kappa shape index (κ3) is 7.99. The molecule has 4 aliphatic heterocycles. The van der Waals surface area contributed by atoms with Gasteiger partial charge in [-0.2, -0.15) is 5.10 Å². The number of anilines is 2. The minimum absolute atomic E-state index is 0.0135. The molecule has 2 atom stereocenters. The summed E-state index contributed by atoms with van der Waals surface area (Å²) in [6.07, 6.45) is 13.4. The summed E-state index contributed by atoms with van der Waals surface area (Å²) in [6.45, 7) is 10.2. The van der Waals surface area contributed by atoms with Crippen LogP contribution in [0.2, 0.25) is 0 Å². The van der Waals surface area contributed by atoms with Gasteiger partial charge in [0.25, 0.3) is 5.91 Å². The van der Waals surface area contributed by atoms with Gasteiger partial charge in [-0.1, -0.05) is 0 Å². The van der Waals surface area contributed by atoms with E-state index in [9.17, 15) is 9.59 Å². The number of carbonyl (C=O) groups excluding carboxylic acids is 2. The lowest BCUT2D eigenvalue weighted by molar-refractivity contribution is 0.0711. The second-order valence-corrected chi connectivity index (χ2v) is 17.9. The quantitative estimate of drug-likeness (QED) is 0.212. The van der Waals surface area contributed by atoms with E-state index in [1.165, 1.54) is 44.3 Å². The molecule has 0 radical (unpaired) electrons. The molecular formula is C47H54N14O3. The van der Waals surface area contributed by atoms with Gasteiger partial charge in [0.05, 0.1) is 48.2 Å². The number of hydrogen-bond donors (Lipinski definition) is 2.